The van der Waals surface area contributed by atoms with Gasteiger partial charge in [0.2, 0.25) is 0 Å². The second-order valence-electron chi connectivity index (χ2n) is 3.56. The van der Waals surface area contributed by atoms with Crippen molar-refractivity contribution in [2.45, 2.75) is 20.0 Å². The summed E-state index contributed by atoms with van der Waals surface area (Å²) in [7, 11) is 0. The van der Waals surface area contributed by atoms with Crippen LogP contribution in [0.4, 0.5) is 0 Å². The van der Waals surface area contributed by atoms with Crippen LogP contribution in [0.2, 0.25) is 0 Å². The summed E-state index contributed by atoms with van der Waals surface area (Å²) in [5, 5.41) is 0. The van der Waals surface area contributed by atoms with Gasteiger partial charge in [0.25, 0.3) is 0 Å². The van der Waals surface area contributed by atoms with E-state index in [1.807, 2.05) is 13.8 Å². The van der Waals surface area contributed by atoms with Crippen LogP contribution in [0, 0.1) is 5.41 Å². The second kappa shape index (κ2) is 3.52. The first-order chi connectivity index (χ1) is 5.18. The van der Waals surface area contributed by atoms with Crippen LogP contribution in [-0.2, 0) is 9.47 Å². The monoisotopic (exact) mass is 159 g/mol. The van der Waals surface area contributed by atoms with Crippen molar-refractivity contribution in [1.82, 2.24) is 0 Å². The molecule has 1 aliphatic heterocycles. The standard InChI is InChI=1S/C8H17NO2/c1-7(2)11-6-8(3-9)4-10-5-8/h7H,3-6,9H2,1-2H3. The molecule has 1 rings (SSSR count). The normalized spacial score (nSPS) is 21.8. The highest BCUT2D eigenvalue weighted by molar-refractivity contribution is 4.86. The van der Waals surface area contributed by atoms with E-state index >= 15 is 0 Å². The fourth-order valence-corrected chi connectivity index (χ4v) is 0.994. The molecule has 1 heterocycles. The smallest absolute Gasteiger partial charge is 0.0582 e. The van der Waals surface area contributed by atoms with E-state index in [1.54, 1.807) is 0 Å². The lowest BCUT2D eigenvalue weighted by atomic mass is 9.87. The number of rotatable bonds is 4. The van der Waals surface area contributed by atoms with Gasteiger partial charge in [-0.3, -0.25) is 0 Å². The van der Waals surface area contributed by atoms with E-state index < -0.39 is 0 Å². The van der Waals surface area contributed by atoms with Crippen LogP contribution in [0.5, 0.6) is 0 Å². The molecule has 11 heavy (non-hydrogen) atoms. The van der Waals surface area contributed by atoms with E-state index in [1.165, 1.54) is 0 Å². The Kier molecular flexibility index (Phi) is 2.87. The van der Waals surface area contributed by atoms with Crippen LogP contribution < -0.4 is 5.73 Å². The molecule has 2 N–H and O–H groups in total. The van der Waals surface area contributed by atoms with Crippen LogP contribution in [0.25, 0.3) is 0 Å². The predicted molar refractivity (Wildman–Crippen MR) is 43.4 cm³/mol. The number of nitrogens with two attached hydrogens (primary N) is 1. The molecule has 0 amide bonds. The first kappa shape index (κ1) is 8.97. The Balaban J connectivity index is 2.22. The third-order valence-electron chi connectivity index (χ3n) is 1.97. The summed E-state index contributed by atoms with van der Waals surface area (Å²) in [5.41, 5.74) is 5.72. The van der Waals surface area contributed by atoms with Crippen LogP contribution in [0.3, 0.4) is 0 Å². The largest absolute Gasteiger partial charge is 0.380 e. The van der Waals surface area contributed by atoms with Crippen molar-refractivity contribution < 1.29 is 9.47 Å². The molecular formula is C8H17NO2. The highest BCUT2D eigenvalue weighted by Gasteiger charge is 2.37. The van der Waals surface area contributed by atoms with E-state index in [2.05, 4.69) is 0 Å². The molecule has 0 spiro atoms. The van der Waals surface area contributed by atoms with E-state index in [4.69, 9.17) is 15.2 Å². The van der Waals surface area contributed by atoms with Crippen LogP contribution >= 0.6 is 0 Å². The quantitative estimate of drug-likeness (QED) is 0.645. The summed E-state index contributed by atoms with van der Waals surface area (Å²) < 4.78 is 10.6. The molecule has 1 saturated heterocycles. The Hall–Kier alpha value is -0.120. The van der Waals surface area contributed by atoms with Crippen LogP contribution in [0.15, 0.2) is 0 Å². The minimum Gasteiger partial charge on any atom is -0.380 e. The second-order valence-corrected chi connectivity index (χ2v) is 3.56. The Morgan fingerprint density at radius 1 is 1.55 bits per heavy atom. The van der Waals surface area contributed by atoms with Crippen LogP contribution in [-0.4, -0.2) is 32.5 Å². The summed E-state index contributed by atoms with van der Waals surface area (Å²) in [4.78, 5) is 0. The zero-order valence-corrected chi connectivity index (χ0v) is 7.30. The molecule has 0 unspecified atom stereocenters. The van der Waals surface area contributed by atoms with E-state index in [-0.39, 0.29) is 5.41 Å². The van der Waals surface area contributed by atoms with Crippen molar-refractivity contribution >= 4 is 0 Å². The third kappa shape index (κ3) is 2.15. The number of hydrogen-bond acceptors (Lipinski definition) is 3. The lowest BCUT2D eigenvalue weighted by molar-refractivity contribution is -0.150. The topological polar surface area (TPSA) is 44.5 Å². The maximum atomic E-state index is 5.60. The highest BCUT2D eigenvalue weighted by atomic mass is 16.5. The number of ether oxygens (including phenoxy) is 2. The maximum Gasteiger partial charge on any atom is 0.0582 e. The predicted octanol–water partition coefficient (Wildman–Crippen LogP) is 0.387. The SMILES string of the molecule is CC(C)OCC1(CN)COC1. The molecule has 0 bridgehead atoms. The maximum absolute atomic E-state index is 5.60. The van der Waals surface area contributed by atoms with Gasteiger partial charge in [-0.15, -0.1) is 0 Å². The van der Waals surface area contributed by atoms with Crippen molar-refractivity contribution in [3.63, 3.8) is 0 Å². The fourth-order valence-electron chi connectivity index (χ4n) is 0.994. The summed E-state index contributed by atoms with van der Waals surface area (Å²) in [6, 6.07) is 0. The molecule has 3 nitrogen and oxygen atoms in total. The van der Waals surface area contributed by atoms with Gasteiger partial charge >= 0.3 is 0 Å². The fraction of sp³-hybridized carbons (Fsp3) is 1.00. The molecule has 0 aromatic heterocycles. The molecule has 3 heteroatoms. The molecule has 0 aromatic rings. The van der Waals surface area contributed by atoms with Gasteiger partial charge in [-0.05, 0) is 13.8 Å². The molecule has 1 aliphatic rings. The first-order valence-electron chi connectivity index (χ1n) is 4.08. The van der Waals surface area contributed by atoms with E-state index in [0.29, 0.717) is 12.6 Å². The molecule has 0 aliphatic carbocycles. The van der Waals surface area contributed by atoms with E-state index in [0.717, 1.165) is 19.8 Å². The molecule has 0 aromatic carbocycles. The average molecular weight is 159 g/mol. The molecule has 0 saturated carbocycles. The Labute approximate surface area is 67.9 Å². The van der Waals surface area contributed by atoms with Gasteiger partial charge in [0.05, 0.1) is 31.3 Å². The zero-order valence-electron chi connectivity index (χ0n) is 7.30. The Bertz CT molecular complexity index is 116. The minimum atomic E-state index is 0.129. The van der Waals surface area contributed by atoms with Gasteiger partial charge in [-0.25, -0.2) is 0 Å². The van der Waals surface area contributed by atoms with Gasteiger partial charge in [-0.1, -0.05) is 0 Å². The Morgan fingerprint density at radius 2 is 2.18 bits per heavy atom. The van der Waals surface area contributed by atoms with Gasteiger partial charge < -0.3 is 15.2 Å². The molecule has 1 fully saturated rings. The Morgan fingerprint density at radius 3 is 2.45 bits per heavy atom. The van der Waals surface area contributed by atoms with Crippen LogP contribution in [0.1, 0.15) is 13.8 Å². The summed E-state index contributed by atoms with van der Waals surface area (Å²) in [6.07, 6.45) is 0.291. The summed E-state index contributed by atoms with van der Waals surface area (Å²) in [6.45, 7) is 6.99. The van der Waals surface area contributed by atoms with Crippen molar-refractivity contribution in [2.75, 3.05) is 26.4 Å². The van der Waals surface area contributed by atoms with Gasteiger partial charge in [-0.2, -0.15) is 0 Å². The molecular weight excluding hydrogens is 142 g/mol. The molecule has 66 valence electrons. The highest BCUT2D eigenvalue weighted by Crippen LogP contribution is 2.26. The molecule has 0 radical (unpaired) electrons. The summed E-state index contributed by atoms with van der Waals surface area (Å²) >= 11 is 0. The van der Waals surface area contributed by atoms with Gasteiger partial charge in [0, 0.05) is 6.54 Å². The van der Waals surface area contributed by atoms with Crippen molar-refractivity contribution in [3.8, 4) is 0 Å². The van der Waals surface area contributed by atoms with E-state index in [9.17, 15) is 0 Å². The van der Waals surface area contributed by atoms with Gasteiger partial charge in [0.15, 0.2) is 0 Å². The van der Waals surface area contributed by atoms with Crippen molar-refractivity contribution in [2.24, 2.45) is 11.1 Å². The number of hydrogen-bond donors (Lipinski definition) is 1. The van der Waals surface area contributed by atoms with Crippen molar-refractivity contribution in [1.29, 1.82) is 0 Å². The zero-order chi connectivity index (χ0) is 8.32. The third-order valence-corrected chi connectivity index (χ3v) is 1.97. The lowest BCUT2D eigenvalue weighted by Gasteiger charge is -2.40. The first-order valence-corrected chi connectivity index (χ1v) is 4.08. The summed E-state index contributed by atoms with van der Waals surface area (Å²) in [5.74, 6) is 0. The van der Waals surface area contributed by atoms with Gasteiger partial charge in [0.1, 0.15) is 0 Å². The lowest BCUT2D eigenvalue weighted by Crippen LogP contribution is -2.51. The average Bonchev–Trinajstić information content (AvgIpc) is 1.86. The molecule has 0 atom stereocenters. The minimum absolute atomic E-state index is 0.129. The van der Waals surface area contributed by atoms with Crippen molar-refractivity contribution in [3.05, 3.63) is 0 Å².